The van der Waals surface area contributed by atoms with Gasteiger partial charge in [-0.2, -0.15) is 0 Å². The zero-order chi connectivity index (χ0) is 13.8. The molecule has 0 amide bonds. The molecular weight excluding hydrogens is 246 g/mol. The van der Waals surface area contributed by atoms with Crippen molar-refractivity contribution in [1.82, 2.24) is 10.2 Å². The fourth-order valence-electron chi connectivity index (χ4n) is 2.85. The largest absolute Gasteiger partial charge is 0.314 e. The first-order chi connectivity index (χ1) is 9.11. The minimum atomic E-state index is -0.443. The summed E-state index contributed by atoms with van der Waals surface area (Å²) in [6.45, 7) is 7.39. The summed E-state index contributed by atoms with van der Waals surface area (Å²) in [5.74, 6) is -0.383. The van der Waals surface area contributed by atoms with Gasteiger partial charge in [-0.25, -0.2) is 8.78 Å². The normalized spacial score (nSPS) is 24.6. The van der Waals surface area contributed by atoms with Gasteiger partial charge in [0.15, 0.2) is 0 Å². The number of halogens is 2. The van der Waals surface area contributed by atoms with Gasteiger partial charge in [0, 0.05) is 24.7 Å². The van der Waals surface area contributed by atoms with Crippen LogP contribution < -0.4 is 5.32 Å². The Bertz CT molecular complexity index is 402. The van der Waals surface area contributed by atoms with Crippen molar-refractivity contribution in [2.45, 2.75) is 32.9 Å². The Morgan fingerprint density at radius 3 is 2.58 bits per heavy atom. The molecular formula is C15H22F2N2. The molecule has 106 valence electrons. The number of nitrogens with one attached hydrogen (secondary N) is 1. The smallest absolute Gasteiger partial charge is 0.130 e. The number of rotatable bonds is 4. The molecule has 1 N–H and O–H groups in total. The quantitative estimate of drug-likeness (QED) is 0.903. The van der Waals surface area contributed by atoms with Crippen LogP contribution in [0.25, 0.3) is 0 Å². The van der Waals surface area contributed by atoms with E-state index in [2.05, 4.69) is 24.1 Å². The third kappa shape index (κ3) is 3.51. The highest BCUT2D eigenvalue weighted by Crippen LogP contribution is 2.21. The van der Waals surface area contributed by atoms with Gasteiger partial charge >= 0.3 is 0 Å². The Kier molecular flexibility index (Phi) is 4.88. The first kappa shape index (κ1) is 14.4. The van der Waals surface area contributed by atoms with Crippen LogP contribution in [-0.4, -0.2) is 30.6 Å². The number of benzene rings is 1. The molecule has 1 aliphatic rings. The van der Waals surface area contributed by atoms with E-state index in [9.17, 15) is 8.78 Å². The van der Waals surface area contributed by atoms with E-state index in [4.69, 9.17) is 0 Å². The topological polar surface area (TPSA) is 15.3 Å². The third-order valence-corrected chi connectivity index (χ3v) is 3.90. The van der Waals surface area contributed by atoms with Crippen LogP contribution in [0.4, 0.5) is 8.78 Å². The van der Waals surface area contributed by atoms with Crippen molar-refractivity contribution in [2.24, 2.45) is 5.92 Å². The molecule has 0 bridgehead atoms. The van der Waals surface area contributed by atoms with Crippen LogP contribution in [-0.2, 0) is 6.54 Å². The van der Waals surface area contributed by atoms with Gasteiger partial charge in [-0.1, -0.05) is 19.9 Å². The van der Waals surface area contributed by atoms with Gasteiger partial charge in [-0.3, -0.25) is 4.90 Å². The predicted molar refractivity (Wildman–Crippen MR) is 72.9 cm³/mol. The van der Waals surface area contributed by atoms with Gasteiger partial charge in [0.25, 0.3) is 0 Å². The molecule has 1 aliphatic heterocycles. The van der Waals surface area contributed by atoms with Gasteiger partial charge < -0.3 is 5.32 Å². The summed E-state index contributed by atoms with van der Waals surface area (Å²) in [5.41, 5.74) is 0.191. The van der Waals surface area contributed by atoms with Crippen LogP contribution in [0, 0.1) is 17.6 Å². The molecule has 2 unspecified atom stereocenters. The first-order valence-corrected chi connectivity index (χ1v) is 7.00. The lowest BCUT2D eigenvalue weighted by Gasteiger charge is -2.37. The minimum absolute atomic E-state index is 0.191. The highest BCUT2D eigenvalue weighted by molar-refractivity contribution is 5.19. The van der Waals surface area contributed by atoms with E-state index < -0.39 is 11.6 Å². The number of hydrogen-bond acceptors (Lipinski definition) is 2. The van der Waals surface area contributed by atoms with Crippen molar-refractivity contribution in [3.8, 4) is 0 Å². The summed E-state index contributed by atoms with van der Waals surface area (Å²) in [7, 11) is 0. The van der Waals surface area contributed by atoms with Crippen molar-refractivity contribution in [1.29, 1.82) is 0 Å². The van der Waals surface area contributed by atoms with Crippen LogP contribution in [0.5, 0.6) is 0 Å². The maximum Gasteiger partial charge on any atom is 0.130 e. The standard InChI is InChI=1S/C15H22F2N2/c1-3-18-15-7-8-19(9-11(15)2)10-12-13(16)5-4-6-14(12)17/h4-6,11,15,18H,3,7-10H2,1-2H3. The molecule has 1 fully saturated rings. The molecule has 0 radical (unpaired) electrons. The molecule has 2 atom stereocenters. The number of hydrogen-bond donors (Lipinski definition) is 1. The van der Waals surface area contributed by atoms with Gasteiger partial charge in [0.1, 0.15) is 11.6 Å². The highest BCUT2D eigenvalue weighted by atomic mass is 19.1. The van der Waals surface area contributed by atoms with E-state index in [-0.39, 0.29) is 5.56 Å². The predicted octanol–water partition coefficient (Wildman–Crippen LogP) is 2.78. The summed E-state index contributed by atoms with van der Waals surface area (Å²) in [4.78, 5) is 2.14. The van der Waals surface area contributed by atoms with Crippen molar-refractivity contribution in [3.63, 3.8) is 0 Å². The maximum absolute atomic E-state index is 13.6. The number of likely N-dealkylation sites (tertiary alicyclic amines) is 1. The Hall–Kier alpha value is -1.00. The zero-order valence-electron chi connectivity index (χ0n) is 11.6. The Morgan fingerprint density at radius 2 is 2.00 bits per heavy atom. The van der Waals surface area contributed by atoms with Crippen molar-refractivity contribution in [2.75, 3.05) is 19.6 Å². The van der Waals surface area contributed by atoms with Crippen LogP contribution in [0.3, 0.4) is 0 Å². The SMILES string of the molecule is CCNC1CCN(Cc2c(F)cccc2F)CC1C. The highest BCUT2D eigenvalue weighted by Gasteiger charge is 2.26. The van der Waals surface area contributed by atoms with Crippen LogP contribution in [0.2, 0.25) is 0 Å². The second kappa shape index (κ2) is 6.44. The Labute approximate surface area is 113 Å². The second-order valence-corrected chi connectivity index (χ2v) is 5.37. The summed E-state index contributed by atoms with van der Waals surface area (Å²) < 4.78 is 27.2. The lowest BCUT2D eigenvalue weighted by atomic mass is 9.93. The Morgan fingerprint density at radius 1 is 1.32 bits per heavy atom. The zero-order valence-corrected chi connectivity index (χ0v) is 11.6. The first-order valence-electron chi connectivity index (χ1n) is 7.00. The average molecular weight is 268 g/mol. The van der Waals surface area contributed by atoms with Gasteiger partial charge in [-0.05, 0) is 37.6 Å². The van der Waals surface area contributed by atoms with Gasteiger partial charge in [-0.15, -0.1) is 0 Å². The molecule has 0 aliphatic carbocycles. The molecule has 1 heterocycles. The molecule has 2 rings (SSSR count). The van der Waals surface area contributed by atoms with Crippen molar-refractivity contribution < 1.29 is 8.78 Å². The molecule has 4 heteroatoms. The Balaban J connectivity index is 1.98. The van der Waals surface area contributed by atoms with Crippen molar-refractivity contribution >= 4 is 0 Å². The van der Waals surface area contributed by atoms with E-state index in [1.54, 1.807) is 0 Å². The van der Waals surface area contributed by atoms with E-state index >= 15 is 0 Å². The molecule has 19 heavy (non-hydrogen) atoms. The summed E-state index contributed by atoms with van der Waals surface area (Å²) in [6, 6.07) is 4.58. The lowest BCUT2D eigenvalue weighted by Crippen LogP contribution is -2.48. The van der Waals surface area contributed by atoms with E-state index in [1.165, 1.54) is 18.2 Å². The third-order valence-electron chi connectivity index (χ3n) is 3.90. The van der Waals surface area contributed by atoms with Crippen LogP contribution in [0.1, 0.15) is 25.8 Å². The monoisotopic (exact) mass is 268 g/mol. The maximum atomic E-state index is 13.6. The molecule has 1 aromatic rings. The molecule has 1 aromatic carbocycles. The summed E-state index contributed by atoms with van der Waals surface area (Å²) in [5, 5.41) is 3.47. The van der Waals surface area contributed by atoms with Crippen molar-refractivity contribution in [3.05, 3.63) is 35.4 Å². The molecule has 2 nitrogen and oxygen atoms in total. The second-order valence-electron chi connectivity index (χ2n) is 5.37. The van der Waals surface area contributed by atoms with E-state index in [1.807, 2.05) is 0 Å². The minimum Gasteiger partial charge on any atom is -0.314 e. The lowest BCUT2D eigenvalue weighted by molar-refractivity contribution is 0.139. The van der Waals surface area contributed by atoms with Gasteiger partial charge in [0.2, 0.25) is 0 Å². The summed E-state index contributed by atoms with van der Waals surface area (Å²) in [6.07, 6.45) is 1.03. The fraction of sp³-hybridized carbons (Fsp3) is 0.600. The van der Waals surface area contributed by atoms with Crippen LogP contribution in [0.15, 0.2) is 18.2 Å². The summed E-state index contributed by atoms with van der Waals surface area (Å²) >= 11 is 0. The molecule has 0 spiro atoms. The average Bonchev–Trinajstić information content (AvgIpc) is 2.37. The van der Waals surface area contributed by atoms with E-state index in [0.29, 0.717) is 18.5 Å². The van der Waals surface area contributed by atoms with Crippen LogP contribution >= 0.6 is 0 Å². The fourth-order valence-corrected chi connectivity index (χ4v) is 2.85. The van der Waals surface area contributed by atoms with Gasteiger partial charge in [0.05, 0.1) is 0 Å². The molecule has 0 saturated carbocycles. The number of nitrogens with zero attached hydrogens (tertiary/aromatic N) is 1. The molecule has 1 saturated heterocycles. The van der Waals surface area contributed by atoms with E-state index in [0.717, 1.165) is 26.1 Å². The number of piperidine rings is 1. The molecule has 0 aromatic heterocycles.